The third-order valence-corrected chi connectivity index (χ3v) is 2.72. The molecule has 0 saturated heterocycles. The van der Waals surface area contributed by atoms with Gasteiger partial charge in [-0.1, -0.05) is 19.3 Å². The Kier molecular flexibility index (Phi) is 3.87. The normalized spacial score (nSPS) is 10.6. The molecule has 0 atom stereocenters. The van der Waals surface area contributed by atoms with Crippen molar-refractivity contribution in [2.45, 2.75) is 20.3 Å². The van der Waals surface area contributed by atoms with E-state index in [1.54, 1.807) is 12.4 Å². The molecule has 0 aliphatic carbocycles. The Hall–Kier alpha value is -0.635. The van der Waals surface area contributed by atoms with Crippen LogP contribution in [0.4, 0.5) is 0 Å². The summed E-state index contributed by atoms with van der Waals surface area (Å²) in [5.74, 6) is 0.220. The average Bonchev–Trinajstić information content (AvgIpc) is 2.11. The third kappa shape index (κ3) is 2.67. The van der Waals surface area contributed by atoms with E-state index in [2.05, 4.69) is 20.9 Å². The van der Waals surface area contributed by atoms with E-state index < -0.39 is 0 Å². The van der Waals surface area contributed by atoms with E-state index >= 15 is 0 Å². The second kappa shape index (κ2) is 4.74. The van der Waals surface area contributed by atoms with Gasteiger partial charge in [-0.2, -0.15) is 0 Å². The van der Waals surface area contributed by atoms with Crippen LogP contribution in [0.15, 0.2) is 16.9 Å². The molecule has 14 heavy (non-hydrogen) atoms. The highest BCUT2D eigenvalue weighted by molar-refractivity contribution is 9.10. The number of nitrogens with zero attached hydrogens (tertiary/aromatic N) is 1. The predicted molar refractivity (Wildman–Crippen MR) is 60.9 cm³/mol. The van der Waals surface area contributed by atoms with Crippen molar-refractivity contribution in [1.29, 1.82) is 0 Å². The molecule has 0 fully saturated rings. The molecule has 1 aromatic rings. The highest BCUT2D eigenvalue weighted by atomic mass is 79.9. The first kappa shape index (κ1) is 11.4. The summed E-state index contributed by atoms with van der Waals surface area (Å²) in [6.07, 6.45) is 3.58. The van der Waals surface area contributed by atoms with Crippen molar-refractivity contribution in [2.24, 2.45) is 5.92 Å². The number of rotatable bonds is 3. The SMILES string of the molecule is [B]c1cncc(Br)c1CC(=O)C(C)C. The number of halogens is 1. The van der Waals surface area contributed by atoms with Gasteiger partial charge in [-0.15, -0.1) is 0 Å². The molecule has 0 aliphatic rings. The molecule has 4 heteroatoms. The van der Waals surface area contributed by atoms with Crippen molar-refractivity contribution < 1.29 is 4.79 Å². The van der Waals surface area contributed by atoms with Crippen LogP contribution in [0.2, 0.25) is 0 Å². The number of hydrogen-bond donors (Lipinski definition) is 0. The molecule has 1 heterocycles. The van der Waals surface area contributed by atoms with Crippen LogP contribution in [-0.4, -0.2) is 18.6 Å². The van der Waals surface area contributed by atoms with Gasteiger partial charge in [0.2, 0.25) is 0 Å². The summed E-state index contributed by atoms with van der Waals surface area (Å²) in [4.78, 5) is 15.4. The van der Waals surface area contributed by atoms with Crippen molar-refractivity contribution in [2.75, 3.05) is 0 Å². The molecule has 0 amide bonds. The summed E-state index contributed by atoms with van der Waals surface area (Å²) in [5, 5.41) is 0. The Balaban J connectivity index is 2.91. The summed E-state index contributed by atoms with van der Waals surface area (Å²) in [6.45, 7) is 3.77. The lowest BCUT2D eigenvalue weighted by Crippen LogP contribution is -2.19. The lowest BCUT2D eigenvalue weighted by Gasteiger charge is -2.09. The van der Waals surface area contributed by atoms with Crippen LogP contribution in [0.5, 0.6) is 0 Å². The Morgan fingerprint density at radius 2 is 2.21 bits per heavy atom. The maximum Gasteiger partial charge on any atom is 0.139 e. The minimum atomic E-state index is 0.0365. The molecule has 0 aromatic carbocycles. The lowest BCUT2D eigenvalue weighted by atomic mass is 9.89. The van der Waals surface area contributed by atoms with Gasteiger partial charge in [-0.05, 0) is 21.5 Å². The molecular formula is C10H11BBrNO. The van der Waals surface area contributed by atoms with Crippen molar-refractivity contribution >= 4 is 35.0 Å². The standard InChI is InChI=1S/C10H11BBrNO/c1-6(2)10(14)3-7-8(11)4-13-5-9(7)12/h4-6H,3H2,1-2H3. The first-order valence-corrected chi connectivity index (χ1v) is 5.22. The lowest BCUT2D eigenvalue weighted by molar-refractivity contribution is -0.121. The Labute approximate surface area is 93.7 Å². The van der Waals surface area contributed by atoms with E-state index in [0.29, 0.717) is 11.9 Å². The fourth-order valence-corrected chi connectivity index (χ4v) is 1.53. The highest BCUT2D eigenvalue weighted by Gasteiger charge is 2.12. The van der Waals surface area contributed by atoms with Crippen LogP contribution in [0, 0.1) is 5.92 Å². The van der Waals surface area contributed by atoms with Crippen molar-refractivity contribution in [3.05, 3.63) is 22.4 Å². The number of ketones is 1. The van der Waals surface area contributed by atoms with Gasteiger partial charge in [0, 0.05) is 29.2 Å². The molecule has 2 radical (unpaired) electrons. The molecule has 0 spiro atoms. The van der Waals surface area contributed by atoms with E-state index in [-0.39, 0.29) is 11.7 Å². The molecule has 0 aliphatic heterocycles. The number of hydrogen-bond acceptors (Lipinski definition) is 2. The van der Waals surface area contributed by atoms with Gasteiger partial charge in [-0.25, -0.2) is 0 Å². The van der Waals surface area contributed by atoms with Gasteiger partial charge in [0.05, 0.1) is 0 Å². The van der Waals surface area contributed by atoms with Gasteiger partial charge in [0.25, 0.3) is 0 Å². The smallest absolute Gasteiger partial charge is 0.139 e. The van der Waals surface area contributed by atoms with Crippen LogP contribution in [-0.2, 0) is 11.2 Å². The summed E-state index contributed by atoms with van der Waals surface area (Å²) >= 11 is 3.33. The van der Waals surface area contributed by atoms with Gasteiger partial charge in [-0.3, -0.25) is 9.78 Å². The molecule has 0 N–H and O–H groups in total. The Morgan fingerprint density at radius 1 is 1.57 bits per heavy atom. The van der Waals surface area contributed by atoms with Crippen LogP contribution in [0.1, 0.15) is 19.4 Å². The summed E-state index contributed by atoms with van der Waals surface area (Å²) in [7, 11) is 5.73. The van der Waals surface area contributed by atoms with Crippen molar-refractivity contribution in [3.63, 3.8) is 0 Å². The maximum absolute atomic E-state index is 11.5. The average molecular weight is 252 g/mol. The topological polar surface area (TPSA) is 30.0 Å². The molecule has 0 unspecified atom stereocenters. The maximum atomic E-state index is 11.5. The van der Waals surface area contributed by atoms with E-state index in [9.17, 15) is 4.79 Å². The highest BCUT2D eigenvalue weighted by Crippen LogP contribution is 2.14. The zero-order chi connectivity index (χ0) is 10.7. The quantitative estimate of drug-likeness (QED) is 0.761. The molecule has 0 bridgehead atoms. The molecule has 2 nitrogen and oxygen atoms in total. The minimum absolute atomic E-state index is 0.0365. The largest absolute Gasteiger partial charge is 0.299 e. The first-order valence-electron chi connectivity index (χ1n) is 4.43. The zero-order valence-electron chi connectivity index (χ0n) is 8.25. The molecule has 0 saturated carbocycles. The number of pyridine rings is 1. The molecule has 1 aromatic heterocycles. The van der Waals surface area contributed by atoms with E-state index in [1.807, 2.05) is 13.8 Å². The fourth-order valence-electron chi connectivity index (χ4n) is 1.04. The molecular weight excluding hydrogens is 241 g/mol. The first-order chi connectivity index (χ1) is 6.52. The van der Waals surface area contributed by atoms with Crippen LogP contribution >= 0.6 is 15.9 Å². The van der Waals surface area contributed by atoms with Crippen LogP contribution in [0.3, 0.4) is 0 Å². The van der Waals surface area contributed by atoms with E-state index in [4.69, 9.17) is 7.85 Å². The second-order valence-electron chi connectivity index (χ2n) is 3.49. The Morgan fingerprint density at radius 3 is 2.71 bits per heavy atom. The third-order valence-electron chi connectivity index (χ3n) is 2.03. The summed E-state index contributed by atoms with van der Waals surface area (Å²) in [6, 6.07) is 0. The zero-order valence-corrected chi connectivity index (χ0v) is 9.84. The number of aromatic nitrogens is 1. The number of Topliss-reactive ketones (excluding diaryl/α,β-unsaturated/α-hetero) is 1. The van der Waals surface area contributed by atoms with Gasteiger partial charge < -0.3 is 0 Å². The van der Waals surface area contributed by atoms with Crippen molar-refractivity contribution in [3.8, 4) is 0 Å². The number of carbonyl (C=O) groups excluding carboxylic acids is 1. The van der Waals surface area contributed by atoms with Crippen LogP contribution in [0.25, 0.3) is 0 Å². The monoisotopic (exact) mass is 251 g/mol. The molecule has 72 valence electrons. The van der Waals surface area contributed by atoms with Gasteiger partial charge >= 0.3 is 0 Å². The van der Waals surface area contributed by atoms with Gasteiger partial charge in [0.1, 0.15) is 13.6 Å². The molecule has 1 rings (SSSR count). The number of carbonyl (C=O) groups is 1. The minimum Gasteiger partial charge on any atom is -0.299 e. The summed E-state index contributed by atoms with van der Waals surface area (Å²) in [5.41, 5.74) is 1.40. The van der Waals surface area contributed by atoms with Crippen LogP contribution < -0.4 is 5.46 Å². The van der Waals surface area contributed by atoms with Gasteiger partial charge in [0.15, 0.2) is 0 Å². The summed E-state index contributed by atoms with van der Waals surface area (Å²) < 4.78 is 0.798. The fraction of sp³-hybridized carbons (Fsp3) is 0.400. The van der Waals surface area contributed by atoms with E-state index in [1.165, 1.54) is 0 Å². The Bertz CT molecular complexity index is 332. The second-order valence-corrected chi connectivity index (χ2v) is 4.34. The van der Waals surface area contributed by atoms with E-state index in [0.717, 1.165) is 10.0 Å². The van der Waals surface area contributed by atoms with Crippen molar-refractivity contribution in [1.82, 2.24) is 4.98 Å². The predicted octanol–water partition coefficient (Wildman–Crippen LogP) is 1.41.